The van der Waals surface area contributed by atoms with Crippen LogP contribution in [0.25, 0.3) is 0 Å². The van der Waals surface area contributed by atoms with Gasteiger partial charge in [-0.15, -0.1) is 0 Å². The fourth-order valence-corrected chi connectivity index (χ4v) is 4.02. The minimum atomic E-state index is -4.04. The monoisotopic (exact) mass is 409 g/mol. The number of carbonyl (C=O) groups excluding carboxylic acids is 1. The summed E-state index contributed by atoms with van der Waals surface area (Å²) in [5.74, 6) is 0.103. The summed E-state index contributed by atoms with van der Waals surface area (Å²) in [6, 6.07) is 12.3. The summed E-state index contributed by atoms with van der Waals surface area (Å²) >= 11 is 6.18. The Morgan fingerprint density at radius 1 is 1.15 bits per heavy atom. The Morgan fingerprint density at radius 2 is 1.85 bits per heavy atom. The lowest BCUT2D eigenvalue weighted by atomic mass is 10.0. The van der Waals surface area contributed by atoms with Gasteiger partial charge in [0.2, 0.25) is 0 Å². The molecule has 6 nitrogen and oxygen atoms in total. The van der Waals surface area contributed by atoms with Crippen LogP contribution in [0.2, 0.25) is 5.02 Å². The van der Waals surface area contributed by atoms with Crippen molar-refractivity contribution in [1.29, 1.82) is 0 Å². The summed E-state index contributed by atoms with van der Waals surface area (Å²) < 4.78 is 38.0. The van der Waals surface area contributed by atoms with Crippen molar-refractivity contribution in [2.75, 3.05) is 19.8 Å². The van der Waals surface area contributed by atoms with E-state index in [1.807, 2.05) is 4.72 Å². The molecule has 2 aromatic rings. The maximum absolute atomic E-state index is 12.4. The maximum Gasteiger partial charge on any atom is 0.264 e. The summed E-state index contributed by atoms with van der Waals surface area (Å²) in [5, 5.41) is 0.178. The number of sulfonamides is 1. The molecule has 0 atom stereocenters. The van der Waals surface area contributed by atoms with Crippen molar-refractivity contribution < 1.29 is 22.7 Å². The van der Waals surface area contributed by atoms with Crippen LogP contribution in [-0.2, 0) is 14.8 Å². The molecule has 3 rings (SSSR count). The smallest absolute Gasteiger partial charge is 0.264 e. The molecule has 144 valence electrons. The molecule has 0 saturated carbocycles. The first-order valence-electron chi connectivity index (χ1n) is 8.58. The van der Waals surface area contributed by atoms with Crippen molar-refractivity contribution in [2.45, 2.75) is 17.7 Å². The second-order valence-electron chi connectivity index (χ2n) is 6.26. The van der Waals surface area contributed by atoms with Gasteiger partial charge in [0.25, 0.3) is 15.9 Å². The third kappa shape index (κ3) is 5.22. The van der Waals surface area contributed by atoms with E-state index in [1.165, 1.54) is 30.3 Å². The van der Waals surface area contributed by atoms with Gasteiger partial charge in [0.05, 0.1) is 16.5 Å². The average molecular weight is 410 g/mol. The van der Waals surface area contributed by atoms with E-state index in [0.29, 0.717) is 18.3 Å². The highest BCUT2D eigenvalue weighted by Crippen LogP contribution is 2.28. The topological polar surface area (TPSA) is 81.7 Å². The highest BCUT2D eigenvalue weighted by atomic mass is 35.5. The molecular formula is C19H20ClNO5S. The van der Waals surface area contributed by atoms with Crippen LogP contribution >= 0.6 is 11.6 Å². The number of hydrogen-bond acceptors (Lipinski definition) is 5. The number of halogens is 1. The summed E-state index contributed by atoms with van der Waals surface area (Å²) in [6.45, 7) is 1.94. The number of hydrogen-bond donors (Lipinski definition) is 1. The van der Waals surface area contributed by atoms with Crippen molar-refractivity contribution in [3.05, 3.63) is 59.1 Å². The number of amides is 1. The van der Waals surface area contributed by atoms with Gasteiger partial charge >= 0.3 is 0 Å². The molecule has 0 bridgehead atoms. The van der Waals surface area contributed by atoms with Gasteiger partial charge in [0.1, 0.15) is 5.75 Å². The Kier molecular flexibility index (Phi) is 6.36. The van der Waals surface area contributed by atoms with Crippen LogP contribution in [0, 0.1) is 5.92 Å². The summed E-state index contributed by atoms with van der Waals surface area (Å²) in [7, 11) is -4.04. The van der Waals surface area contributed by atoms with Crippen LogP contribution in [0.4, 0.5) is 0 Å². The van der Waals surface area contributed by atoms with Crippen LogP contribution in [-0.4, -0.2) is 34.1 Å². The first-order chi connectivity index (χ1) is 13.0. The second-order valence-corrected chi connectivity index (χ2v) is 8.35. The number of ether oxygens (including phenoxy) is 2. The minimum absolute atomic E-state index is 0.102. The molecule has 1 heterocycles. The van der Waals surface area contributed by atoms with E-state index in [0.717, 1.165) is 26.1 Å². The van der Waals surface area contributed by atoms with Crippen molar-refractivity contribution in [2.24, 2.45) is 5.92 Å². The zero-order valence-corrected chi connectivity index (χ0v) is 16.1. The standard InChI is InChI=1S/C19H20ClNO5S/c20-17-12-16(6-7-18(17)26-13-14-8-10-25-11-9-14)27(23,24)21-19(22)15-4-2-1-3-5-15/h1-7,12,14H,8-11,13H2,(H,21,22). The number of carbonyl (C=O) groups is 1. The maximum atomic E-state index is 12.4. The lowest BCUT2D eigenvalue weighted by Gasteiger charge is -2.22. The lowest BCUT2D eigenvalue weighted by Crippen LogP contribution is -2.30. The van der Waals surface area contributed by atoms with Crippen molar-refractivity contribution >= 4 is 27.5 Å². The first-order valence-corrected chi connectivity index (χ1v) is 10.4. The largest absolute Gasteiger partial charge is 0.492 e. The molecule has 0 aromatic heterocycles. The number of benzene rings is 2. The Bertz CT molecular complexity index is 896. The molecule has 1 fully saturated rings. The van der Waals surface area contributed by atoms with Crippen molar-refractivity contribution in [3.8, 4) is 5.75 Å². The molecule has 2 aromatic carbocycles. The van der Waals surface area contributed by atoms with Gasteiger partial charge in [-0.05, 0) is 49.1 Å². The molecular weight excluding hydrogens is 390 g/mol. The predicted octanol–water partition coefficient (Wildman–Crippen LogP) is 3.26. The summed E-state index contributed by atoms with van der Waals surface area (Å²) in [4.78, 5) is 12.0. The first kappa shape index (κ1) is 19.7. The molecule has 1 N–H and O–H groups in total. The summed E-state index contributed by atoms with van der Waals surface area (Å²) in [6.07, 6.45) is 1.85. The Morgan fingerprint density at radius 3 is 2.52 bits per heavy atom. The highest BCUT2D eigenvalue weighted by Gasteiger charge is 2.21. The van der Waals surface area contributed by atoms with E-state index < -0.39 is 15.9 Å². The van der Waals surface area contributed by atoms with E-state index in [2.05, 4.69) is 0 Å². The van der Waals surface area contributed by atoms with E-state index in [4.69, 9.17) is 21.1 Å². The van der Waals surface area contributed by atoms with Crippen LogP contribution < -0.4 is 9.46 Å². The average Bonchev–Trinajstić information content (AvgIpc) is 2.68. The van der Waals surface area contributed by atoms with E-state index in [1.54, 1.807) is 18.2 Å². The van der Waals surface area contributed by atoms with Crippen LogP contribution in [0.3, 0.4) is 0 Å². The number of nitrogens with one attached hydrogen (secondary N) is 1. The Hall–Kier alpha value is -2.09. The van der Waals surface area contributed by atoms with Gasteiger partial charge in [-0.3, -0.25) is 4.79 Å². The molecule has 8 heteroatoms. The molecule has 0 radical (unpaired) electrons. The van der Waals surface area contributed by atoms with Crippen molar-refractivity contribution in [1.82, 2.24) is 4.72 Å². The predicted molar refractivity (Wildman–Crippen MR) is 102 cm³/mol. The molecule has 1 aliphatic heterocycles. The molecule has 27 heavy (non-hydrogen) atoms. The van der Waals surface area contributed by atoms with Crippen LogP contribution in [0.5, 0.6) is 5.75 Å². The quantitative estimate of drug-likeness (QED) is 0.791. The van der Waals surface area contributed by atoms with Gasteiger partial charge in [0.15, 0.2) is 0 Å². The lowest BCUT2D eigenvalue weighted by molar-refractivity contribution is 0.0497. The summed E-state index contributed by atoms with van der Waals surface area (Å²) in [5.41, 5.74) is 0.253. The fourth-order valence-electron chi connectivity index (χ4n) is 2.72. The van der Waals surface area contributed by atoms with Gasteiger partial charge in [-0.25, -0.2) is 13.1 Å². The Balaban J connectivity index is 1.67. The fraction of sp³-hybridized carbons (Fsp3) is 0.316. The van der Waals surface area contributed by atoms with Crippen molar-refractivity contribution in [3.63, 3.8) is 0 Å². The second kappa shape index (κ2) is 8.73. The van der Waals surface area contributed by atoms with E-state index >= 15 is 0 Å². The molecule has 1 amide bonds. The SMILES string of the molecule is O=C(NS(=O)(=O)c1ccc(OCC2CCOCC2)c(Cl)c1)c1ccccc1. The van der Waals surface area contributed by atoms with Gasteiger partial charge in [0, 0.05) is 18.8 Å². The van der Waals surface area contributed by atoms with E-state index in [-0.39, 0.29) is 15.5 Å². The van der Waals surface area contributed by atoms with Gasteiger partial charge in [-0.1, -0.05) is 29.8 Å². The third-order valence-corrected chi connectivity index (χ3v) is 5.92. The highest BCUT2D eigenvalue weighted by molar-refractivity contribution is 7.90. The Labute approximate surface area is 163 Å². The molecule has 1 aliphatic rings. The van der Waals surface area contributed by atoms with Gasteiger partial charge < -0.3 is 9.47 Å². The molecule has 0 unspecified atom stereocenters. The molecule has 0 spiro atoms. The molecule has 0 aliphatic carbocycles. The van der Waals surface area contributed by atoms with Gasteiger partial charge in [-0.2, -0.15) is 0 Å². The minimum Gasteiger partial charge on any atom is -0.492 e. The zero-order chi connectivity index (χ0) is 19.3. The van der Waals surface area contributed by atoms with Crippen LogP contribution in [0.15, 0.2) is 53.4 Å². The zero-order valence-electron chi connectivity index (χ0n) is 14.6. The number of rotatable bonds is 6. The van der Waals surface area contributed by atoms with Crippen LogP contribution in [0.1, 0.15) is 23.2 Å². The third-order valence-electron chi connectivity index (χ3n) is 4.29. The normalized spacial score (nSPS) is 15.3. The van der Waals surface area contributed by atoms with E-state index in [9.17, 15) is 13.2 Å². The molecule has 1 saturated heterocycles.